The van der Waals surface area contributed by atoms with E-state index in [0.717, 1.165) is 0 Å². The van der Waals surface area contributed by atoms with E-state index in [4.69, 9.17) is 0 Å². The van der Waals surface area contributed by atoms with Gasteiger partial charge in [-0.15, -0.1) is 48.8 Å². The minimum absolute atomic E-state index is 0. The second-order valence-electron chi connectivity index (χ2n) is 23.8. The van der Waals surface area contributed by atoms with Crippen molar-refractivity contribution in [2.75, 3.05) is 0 Å². The predicted molar refractivity (Wildman–Crippen MR) is 204 cm³/mol. The quantitative estimate of drug-likeness (QED) is 0.332. The summed E-state index contributed by atoms with van der Waals surface area (Å²) >= 11 is 0. The second-order valence-corrected chi connectivity index (χ2v) is 23.8. The number of rotatable bonds is 8. The molecule has 0 aliphatic carbocycles. The van der Waals surface area contributed by atoms with E-state index in [-0.39, 0.29) is 112 Å². The molecular formula is C44H88O8Ti2. The van der Waals surface area contributed by atoms with Crippen molar-refractivity contribution in [1.82, 2.24) is 0 Å². The van der Waals surface area contributed by atoms with Gasteiger partial charge >= 0.3 is 43.4 Å². The molecule has 10 heteroatoms. The molecule has 0 aromatic heterocycles. The van der Waals surface area contributed by atoms with Crippen LogP contribution < -0.4 is 40.9 Å². The first-order valence-corrected chi connectivity index (χ1v) is 19.5. The second kappa shape index (κ2) is 25.7. The molecule has 0 saturated heterocycles. The molecular weight excluding hydrogens is 752 g/mol. The van der Waals surface area contributed by atoms with Crippen molar-refractivity contribution >= 4 is 0 Å². The van der Waals surface area contributed by atoms with Gasteiger partial charge in [-0.3, -0.25) is 0 Å². The maximum Gasteiger partial charge on any atom is 4.00 e. The van der Waals surface area contributed by atoms with Crippen LogP contribution in [0.5, 0.6) is 0 Å². The molecule has 0 fully saturated rings. The predicted octanol–water partition coefficient (Wildman–Crippen LogP) is 3.70. The smallest absolute Gasteiger partial charge is 0.852 e. The third-order valence-electron chi connectivity index (χ3n) is 9.44. The van der Waals surface area contributed by atoms with Crippen LogP contribution in [0.3, 0.4) is 0 Å². The molecule has 0 aromatic rings. The van der Waals surface area contributed by atoms with Gasteiger partial charge in [0.2, 0.25) is 0 Å². The van der Waals surface area contributed by atoms with E-state index in [9.17, 15) is 40.9 Å². The first-order chi connectivity index (χ1) is 22.2. The monoisotopic (exact) mass is 841 g/mol. The molecule has 0 radical (unpaired) electrons. The van der Waals surface area contributed by atoms with E-state index >= 15 is 0 Å². The van der Waals surface area contributed by atoms with Crippen LogP contribution >= 0.6 is 0 Å². The van der Waals surface area contributed by atoms with Crippen molar-refractivity contribution in [2.45, 2.75) is 241 Å². The fourth-order valence-corrected chi connectivity index (χ4v) is 3.61. The van der Waals surface area contributed by atoms with Crippen LogP contribution in [-0.4, -0.2) is 48.8 Å². The van der Waals surface area contributed by atoms with Gasteiger partial charge in [0.15, 0.2) is 0 Å². The Hall–Kier alpha value is 1.11. The van der Waals surface area contributed by atoms with E-state index < -0.39 is 48.8 Å². The van der Waals surface area contributed by atoms with E-state index in [1.807, 2.05) is 166 Å². The standard InChI is InChI=1S/4C11H22O2.2Ti/c4*1-10(2,3)8(12)7-9(13)11(4,5)6;;/h4*8-9H,7H2,1-6H3;;/q4*-2;2*+4. The Labute approximate surface area is 366 Å². The largest absolute Gasteiger partial charge is 4.00 e. The summed E-state index contributed by atoms with van der Waals surface area (Å²) in [6, 6.07) is 0. The Morgan fingerprint density at radius 2 is 0.259 bits per heavy atom. The number of hydrogen-bond acceptors (Lipinski definition) is 8. The molecule has 0 aliphatic heterocycles. The van der Waals surface area contributed by atoms with Gasteiger partial charge in [0.05, 0.1) is 0 Å². The summed E-state index contributed by atoms with van der Waals surface area (Å²) in [5.41, 5.74) is -2.38. The van der Waals surface area contributed by atoms with E-state index in [2.05, 4.69) is 0 Å². The Kier molecular flexibility index (Phi) is 31.8. The van der Waals surface area contributed by atoms with Crippen LogP contribution in [0, 0.1) is 43.3 Å². The molecule has 54 heavy (non-hydrogen) atoms. The molecule has 0 heterocycles. The molecule has 320 valence electrons. The van der Waals surface area contributed by atoms with Gasteiger partial charge in [-0.1, -0.05) is 235 Å². The molecule has 0 rings (SSSR count). The van der Waals surface area contributed by atoms with Gasteiger partial charge in [0.1, 0.15) is 0 Å². The SMILES string of the molecule is CC(C)(C)C([O-])CC([O-])C(C)(C)C.CC(C)(C)C([O-])CC([O-])C(C)(C)C.CC(C)(C)C([O-])CC([O-])C(C)(C)C.CC(C)(C)C([O-])CC([O-])C(C)(C)C.[Ti+4].[Ti+4]. The average molecular weight is 841 g/mol. The molecule has 0 N–H and O–H groups in total. The van der Waals surface area contributed by atoms with Crippen LogP contribution in [0.2, 0.25) is 0 Å². The third-order valence-corrected chi connectivity index (χ3v) is 9.44. The fraction of sp³-hybridized carbons (Fsp3) is 1.00. The van der Waals surface area contributed by atoms with Crippen LogP contribution in [0.1, 0.15) is 192 Å². The van der Waals surface area contributed by atoms with E-state index in [0.29, 0.717) is 0 Å². The molecule has 0 amide bonds. The average Bonchev–Trinajstić information content (AvgIpc) is 2.85. The zero-order chi connectivity index (χ0) is 43.4. The van der Waals surface area contributed by atoms with Crippen LogP contribution in [-0.2, 0) is 43.4 Å². The minimum atomic E-state index is -0.755. The zero-order valence-corrected chi connectivity index (χ0v) is 42.8. The molecule has 0 spiro atoms. The van der Waals surface area contributed by atoms with E-state index in [1.165, 1.54) is 0 Å². The summed E-state index contributed by atoms with van der Waals surface area (Å²) in [6.45, 7) is 45.3. The molecule has 8 unspecified atom stereocenters. The Bertz CT molecular complexity index is 694. The Morgan fingerprint density at radius 1 is 0.204 bits per heavy atom. The molecule has 0 aliphatic rings. The maximum absolute atomic E-state index is 11.6. The van der Waals surface area contributed by atoms with Gasteiger partial charge < -0.3 is 40.9 Å². The molecule has 0 saturated carbocycles. The van der Waals surface area contributed by atoms with Gasteiger partial charge in [0, 0.05) is 0 Å². The fourth-order valence-electron chi connectivity index (χ4n) is 3.61. The summed E-state index contributed by atoms with van der Waals surface area (Å²) < 4.78 is 0. The van der Waals surface area contributed by atoms with Crippen LogP contribution in [0.15, 0.2) is 0 Å². The van der Waals surface area contributed by atoms with E-state index in [1.54, 1.807) is 0 Å². The maximum atomic E-state index is 11.6. The molecule has 0 bridgehead atoms. The topological polar surface area (TPSA) is 184 Å². The zero-order valence-electron chi connectivity index (χ0n) is 39.7. The summed E-state index contributed by atoms with van der Waals surface area (Å²) in [6.07, 6.45) is -5.13. The van der Waals surface area contributed by atoms with Crippen LogP contribution in [0.25, 0.3) is 0 Å². The Balaban J connectivity index is -0.000000140. The Morgan fingerprint density at radius 3 is 0.296 bits per heavy atom. The number of hydrogen-bond donors (Lipinski definition) is 0. The van der Waals surface area contributed by atoms with Crippen molar-refractivity contribution < 1.29 is 84.3 Å². The van der Waals surface area contributed by atoms with Gasteiger partial charge in [-0.05, 0) is 0 Å². The summed E-state index contributed by atoms with van der Waals surface area (Å²) in [7, 11) is 0. The van der Waals surface area contributed by atoms with Crippen molar-refractivity contribution in [2.24, 2.45) is 43.3 Å². The summed E-state index contributed by atoms with van der Waals surface area (Å²) in [5.74, 6) is 0. The minimum Gasteiger partial charge on any atom is -0.852 e. The first-order valence-electron chi connectivity index (χ1n) is 19.5. The molecule has 8 atom stereocenters. The van der Waals surface area contributed by atoms with Crippen molar-refractivity contribution in [3.8, 4) is 0 Å². The van der Waals surface area contributed by atoms with Crippen molar-refractivity contribution in [1.29, 1.82) is 0 Å². The van der Waals surface area contributed by atoms with Crippen molar-refractivity contribution in [3.63, 3.8) is 0 Å². The molecule has 8 nitrogen and oxygen atoms in total. The van der Waals surface area contributed by atoms with Gasteiger partial charge in [-0.2, -0.15) is 0 Å². The summed E-state index contributed by atoms with van der Waals surface area (Å²) in [5, 5.41) is 92.8. The first kappa shape index (κ1) is 66.9. The molecule has 0 aromatic carbocycles. The third kappa shape index (κ3) is 34.0. The normalized spacial score (nSPS) is 17.8. The summed E-state index contributed by atoms with van der Waals surface area (Å²) in [4.78, 5) is 0. The van der Waals surface area contributed by atoms with Crippen molar-refractivity contribution in [3.05, 3.63) is 0 Å². The van der Waals surface area contributed by atoms with Crippen LogP contribution in [0.4, 0.5) is 0 Å². The van der Waals surface area contributed by atoms with Gasteiger partial charge in [0.25, 0.3) is 0 Å². The van der Waals surface area contributed by atoms with Gasteiger partial charge in [-0.25, -0.2) is 0 Å².